The molecule has 3 atom stereocenters. The van der Waals surface area contributed by atoms with E-state index in [1.807, 2.05) is 0 Å². The average Bonchev–Trinajstić information content (AvgIpc) is 3.13. The molecule has 2 aromatic heterocycles. The molecular formula is C10H21ClN5O15P3. The highest BCUT2D eigenvalue weighted by Crippen LogP contribution is 2.31. The summed E-state index contributed by atoms with van der Waals surface area (Å²) < 4.78 is 33.8. The summed E-state index contributed by atoms with van der Waals surface area (Å²) in [6, 6.07) is 0. The van der Waals surface area contributed by atoms with E-state index in [0.29, 0.717) is 17.6 Å². The van der Waals surface area contributed by atoms with E-state index in [1.54, 1.807) is 4.57 Å². The normalized spacial score (nSPS) is 20.4. The second kappa shape index (κ2) is 13.2. The van der Waals surface area contributed by atoms with E-state index in [9.17, 15) is 5.11 Å². The summed E-state index contributed by atoms with van der Waals surface area (Å²) >= 11 is 5.77. The number of anilines is 1. The maximum Gasteiger partial charge on any atom is 0.466 e. The van der Waals surface area contributed by atoms with Gasteiger partial charge in [-0.2, -0.15) is 9.97 Å². The van der Waals surface area contributed by atoms with Gasteiger partial charge >= 0.3 is 23.5 Å². The number of nitrogens with two attached hydrogens (primary N) is 1. The molecule has 3 heterocycles. The minimum atomic E-state index is -4.64. The summed E-state index contributed by atoms with van der Waals surface area (Å²) in [4.78, 5) is 76.7. The number of aliphatic hydroxyl groups is 2. The zero-order valence-corrected chi connectivity index (χ0v) is 19.8. The molecular weight excluding hydrogens is 559 g/mol. The highest BCUT2D eigenvalue weighted by molar-refractivity contribution is 7.45. The van der Waals surface area contributed by atoms with Crippen molar-refractivity contribution in [1.82, 2.24) is 19.5 Å². The lowest BCUT2D eigenvalue weighted by atomic mass is 10.2. The molecule has 1 saturated heterocycles. The van der Waals surface area contributed by atoms with Crippen LogP contribution in [0.5, 0.6) is 0 Å². The fourth-order valence-corrected chi connectivity index (χ4v) is 2.34. The molecule has 1 aliphatic rings. The number of nitrogen functional groups attached to an aromatic ring is 1. The SMILES string of the molecule is Nc1nc(Cl)nc2c1ncn2[C@H]1C[C@H](O)[C@@H](CO)O1.O=P(O)(O)O.O=P(O)(O)O.O=P(O)(O)O. The third kappa shape index (κ3) is 15.7. The van der Waals surface area contributed by atoms with Gasteiger partial charge in [0.2, 0.25) is 5.28 Å². The molecule has 1 aliphatic heterocycles. The molecule has 0 aromatic carbocycles. The molecule has 24 heteroatoms. The number of hydrogen-bond acceptors (Lipinski definition) is 10. The van der Waals surface area contributed by atoms with Gasteiger partial charge in [0.1, 0.15) is 17.8 Å². The summed E-state index contributed by atoms with van der Waals surface area (Å²) in [6.45, 7) is -0.248. The van der Waals surface area contributed by atoms with E-state index in [2.05, 4.69) is 15.0 Å². The fraction of sp³-hybridized carbons (Fsp3) is 0.500. The monoisotopic (exact) mass is 579 g/mol. The van der Waals surface area contributed by atoms with Crippen molar-refractivity contribution in [1.29, 1.82) is 0 Å². The zero-order chi connectivity index (χ0) is 27.1. The lowest BCUT2D eigenvalue weighted by Crippen LogP contribution is -2.24. The first-order chi connectivity index (χ1) is 15.1. The van der Waals surface area contributed by atoms with Gasteiger partial charge in [0, 0.05) is 6.42 Å². The molecule has 0 aliphatic carbocycles. The molecule has 34 heavy (non-hydrogen) atoms. The zero-order valence-electron chi connectivity index (χ0n) is 16.4. The Hall–Kier alpha value is -1.15. The Morgan fingerprint density at radius 3 is 1.82 bits per heavy atom. The number of nitrogens with zero attached hydrogens (tertiary/aromatic N) is 4. The molecule has 2 aromatic rings. The van der Waals surface area contributed by atoms with Gasteiger partial charge in [-0.3, -0.25) is 4.57 Å². The van der Waals surface area contributed by atoms with Crippen LogP contribution in [-0.4, -0.2) is 92.6 Å². The van der Waals surface area contributed by atoms with Gasteiger partial charge in [0.05, 0.1) is 19.0 Å². The van der Waals surface area contributed by atoms with Crippen molar-refractivity contribution in [3.05, 3.63) is 11.6 Å². The number of aromatic nitrogens is 4. The highest BCUT2D eigenvalue weighted by Gasteiger charge is 2.35. The molecule has 198 valence electrons. The average molecular weight is 580 g/mol. The molecule has 0 bridgehead atoms. The van der Waals surface area contributed by atoms with Crippen molar-refractivity contribution >= 4 is 52.1 Å². The van der Waals surface area contributed by atoms with Crippen molar-refractivity contribution < 1.29 is 72.7 Å². The molecule has 1 fully saturated rings. The maximum absolute atomic E-state index is 9.74. The van der Waals surface area contributed by atoms with Crippen molar-refractivity contribution in [2.24, 2.45) is 0 Å². The molecule has 3 rings (SSSR count). The fourth-order valence-electron chi connectivity index (χ4n) is 2.17. The minimum absolute atomic E-state index is 0.0176. The van der Waals surface area contributed by atoms with Crippen molar-refractivity contribution in [2.75, 3.05) is 12.3 Å². The van der Waals surface area contributed by atoms with Gasteiger partial charge in [0.25, 0.3) is 0 Å². The number of ether oxygens (including phenoxy) is 1. The quantitative estimate of drug-likeness (QED) is 0.124. The van der Waals surface area contributed by atoms with Crippen molar-refractivity contribution in [3.8, 4) is 0 Å². The van der Waals surface area contributed by atoms with E-state index in [0.717, 1.165) is 0 Å². The first kappa shape index (κ1) is 32.9. The number of aliphatic hydroxyl groups excluding tert-OH is 2. The number of hydrogen-bond donors (Lipinski definition) is 12. The maximum atomic E-state index is 9.74. The first-order valence-corrected chi connectivity index (χ1v) is 13.1. The Morgan fingerprint density at radius 2 is 1.44 bits per heavy atom. The van der Waals surface area contributed by atoms with Crippen LogP contribution < -0.4 is 5.73 Å². The summed E-state index contributed by atoms with van der Waals surface area (Å²) in [5.41, 5.74) is 6.57. The van der Waals surface area contributed by atoms with Crippen LogP contribution in [0, 0.1) is 0 Å². The van der Waals surface area contributed by atoms with Crippen LogP contribution in [0.15, 0.2) is 6.33 Å². The Morgan fingerprint density at radius 1 is 1.00 bits per heavy atom. The number of halogens is 1. The molecule has 0 spiro atoms. The third-order valence-corrected chi connectivity index (χ3v) is 3.28. The molecule has 0 unspecified atom stereocenters. The Kier molecular flexibility index (Phi) is 12.8. The van der Waals surface area contributed by atoms with Crippen LogP contribution in [-0.2, 0) is 18.4 Å². The summed E-state index contributed by atoms with van der Waals surface area (Å²) in [6.07, 6.45) is 0.0169. The molecule has 0 amide bonds. The predicted octanol–water partition coefficient (Wildman–Crippen LogP) is -3.08. The summed E-state index contributed by atoms with van der Waals surface area (Å²) in [5.74, 6) is 0.186. The van der Waals surface area contributed by atoms with Gasteiger partial charge < -0.3 is 64.7 Å². The van der Waals surface area contributed by atoms with Crippen LogP contribution in [0.2, 0.25) is 5.28 Å². The topological polar surface area (TPSA) is 353 Å². The number of imidazole rings is 1. The van der Waals surface area contributed by atoms with Gasteiger partial charge in [0.15, 0.2) is 11.5 Å². The van der Waals surface area contributed by atoms with E-state index in [4.69, 9.17) is 84.9 Å². The number of rotatable bonds is 2. The summed E-state index contributed by atoms with van der Waals surface area (Å²) in [7, 11) is -13.9. The van der Waals surface area contributed by atoms with Gasteiger partial charge in [-0.1, -0.05) is 0 Å². The van der Waals surface area contributed by atoms with E-state index in [-0.39, 0.29) is 17.7 Å². The Bertz CT molecular complexity index is 996. The smallest absolute Gasteiger partial charge is 0.394 e. The number of fused-ring (bicyclic) bond motifs is 1. The van der Waals surface area contributed by atoms with Gasteiger partial charge in [-0.25, -0.2) is 18.7 Å². The van der Waals surface area contributed by atoms with Crippen molar-refractivity contribution in [2.45, 2.75) is 24.9 Å². The van der Waals surface area contributed by atoms with E-state index in [1.165, 1.54) is 6.33 Å². The highest BCUT2D eigenvalue weighted by atomic mass is 35.5. The second-order valence-corrected chi connectivity index (χ2v) is 9.27. The Labute approximate surface area is 193 Å². The molecule has 20 nitrogen and oxygen atoms in total. The van der Waals surface area contributed by atoms with Crippen LogP contribution in [0.25, 0.3) is 11.2 Å². The molecule has 13 N–H and O–H groups in total. The Balaban J connectivity index is 0.000000599. The minimum Gasteiger partial charge on any atom is -0.394 e. The standard InChI is InChI=1S/C10H12ClN5O3.3H3O4P/c11-10-14-8(12)7-9(15-10)16(3-13-7)6-1-4(18)5(2-17)19-6;3*1-5(2,3)4/h3-6,17-18H,1-2H2,(H2,12,14,15);3*(H3,1,2,3,4)/t4-,5+,6+;;;/m0.../s1. The second-order valence-electron chi connectivity index (χ2n) is 5.86. The van der Waals surface area contributed by atoms with Gasteiger partial charge in [-0.15, -0.1) is 0 Å². The van der Waals surface area contributed by atoms with Crippen LogP contribution in [0.1, 0.15) is 12.6 Å². The van der Waals surface area contributed by atoms with Crippen LogP contribution in [0.4, 0.5) is 5.82 Å². The van der Waals surface area contributed by atoms with Crippen molar-refractivity contribution in [3.63, 3.8) is 0 Å². The lowest BCUT2D eigenvalue weighted by molar-refractivity contribution is -0.0432. The first-order valence-electron chi connectivity index (χ1n) is 8.05. The summed E-state index contributed by atoms with van der Waals surface area (Å²) in [5, 5.41) is 18.8. The number of phosphoric acid groups is 3. The van der Waals surface area contributed by atoms with Crippen LogP contribution in [0.3, 0.4) is 0 Å². The third-order valence-electron chi connectivity index (χ3n) is 3.12. The van der Waals surface area contributed by atoms with Gasteiger partial charge in [-0.05, 0) is 11.6 Å². The van der Waals surface area contributed by atoms with E-state index >= 15 is 0 Å². The van der Waals surface area contributed by atoms with E-state index < -0.39 is 41.9 Å². The largest absolute Gasteiger partial charge is 0.466 e. The molecule has 0 radical (unpaired) electrons. The molecule has 0 saturated carbocycles. The predicted molar refractivity (Wildman–Crippen MR) is 109 cm³/mol. The lowest BCUT2D eigenvalue weighted by Gasteiger charge is -2.13. The van der Waals surface area contributed by atoms with Crippen LogP contribution >= 0.6 is 35.1 Å².